The van der Waals surface area contributed by atoms with Gasteiger partial charge in [0.1, 0.15) is 17.2 Å². The summed E-state index contributed by atoms with van der Waals surface area (Å²) < 4.78 is 1.98. The number of benzene rings is 5. The van der Waals surface area contributed by atoms with Crippen LogP contribution in [0.2, 0.25) is 0 Å². The SMILES string of the molecule is CCCCc1ncc(CO)c(N(C)Cc2ccc(-c3ccccc3-c3nnnn3C(c3ccccc3)(c3ccccc3)c3ccccc3)cc2)n1. The van der Waals surface area contributed by atoms with Crippen LogP contribution >= 0.6 is 0 Å². The Balaban J connectivity index is 1.28. The maximum Gasteiger partial charge on any atom is 0.184 e. The predicted molar refractivity (Wildman–Crippen MR) is 202 cm³/mol. The van der Waals surface area contributed by atoms with Crippen molar-refractivity contribution in [1.82, 2.24) is 30.2 Å². The first-order valence-corrected chi connectivity index (χ1v) is 17.4. The van der Waals surface area contributed by atoms with Gasteiger partial charge in [-0.25, -0.2) is 14.6 Å². The third-order valence-electron chi connectivity index (χ3n) is 9.39. The van der Waals surface area contributed by atoms with Crippen molar-refractivity contribution in [2.24, 2.45) is 0 Å². The second-order valence-electron chi connectivity index (χ2n) is 12.7. The monoisotopic (exact) mass is 671 g/mol. The van der Waals surface area contributed by atoms with E-state index in [4.69, 9.17) is 15.3 Å². The second-order valence-corrected chi connectivity index (χ2v) is 12.7. The molecule has 0 unspecified atom stereocenters. The zero-order chi connectivity index (χ0) is 35.0. The summed E-state index contributed by atoms with van der Waals surface area (Å²) in [6.45, 7) is 2.68. The Bertz CT molecular complexity index is 2070. The van der Waals surface area contributed by atoms with Gasteiger partial charge in [-0.15, -0.1) is 5.10 Å². The topological polar surface area (TPSA) is 92.9 Å². The molecule has 2 heterocycles. The highest BCUT2D eigenvalue weighted by Gasteiger charge is 2.42. The van der Waals surface area contributed by atoms with Gasteiger partial charge in [-0.1, -0.05) is 153 Å². The average molecular weight is 672 g/mol. The molecule has 8 heteroatoms. The van der Waals surface area contributed by atoms with E-state index in [1.165, 1.54) is 0 Å². The Morgan fingerprint density at radius 2 is 1.27 bits per heavy atom. The molecule has 51 heavy (non-hydrogen) atoms. The summed E-state index contributed by atoms with van der Waals surface area (Å²) in [5, 5.41) is 23.8. The van der Waals surface area contributed by atoms with Gasteiger partial charge >= 0.3 is 0 Å². The number of tetrazole rings is 1. The maximum atomic E-state index is 10.0. The van der Waals surface area contributed by atoms with Crippen LogP contribution in [0.4, 0.5) is 5.82 Å². The van der Waals surface area contributed by atoms with Crippen molar-refractivity contribution in [2.75, 3.05) is 11.9 Å². The molecular formula is C43H41N7O. The van der Waals surface area contributed by atoms with Crippen molar-refractivity contribution in [3.63, 3.8) is 0 Å². The molecule has 0 saturated heterocycles. The molecule has 7 rings (SSSR count). The molecule has 0 aliphatic rings. The van der Waals surface area contributed by atoms with Crippen LogP contribution in [0.1, 0.15) is 53.4 Å². The van der Waals surface area contributed by atoms with Crippen LogP contribution in [-0.2, 0) is 25.1 Å². The van der Waals surface area contributed by atoms with Gasteiger partial charge in [0.05, 0.1) is 6.61 Å². The molecule has 254 valence electrons. The lowest BCUT2D eigenvalue weighted by Crippen LogP contribution is -2.39. The Labute approximate surface area is 299 Å². The fourth-order valence-electron chi connectivity index (χ4n) is 6.88. The number of nitrogens with zero attached hydrogens (tertiary/aromatic N) is 7. The summed E-state index contributed by atoms with van der Waals surface area (Å²) in [6, 6.07) is 48.2. The number of rotatable bonds is 13. The summed E-state index contributed by atoms with van der Waals surface area (Å²) in [7, 11) is 2.01. The van der Waals surface area contributed by atoms with E-state index in [1.807, 2.05) is 36.0 Å². The van der Waals surface area contributed by atoms with Crippen LogP contribution in [0.3, 0.4) is 0 Å². The third-order valence-corrected chi connectivity index (χ3v) is 9.39. The van der Waals surface area contributed by atoms with Crippen molar-refractivity contribution in [3.05, 3.63) is 179 Å². The van der Waals surface area contributed by atoms with Gasteiger partial charge in [0, 0.05) is 37.3 Å². The lowest BCUT2D eigenvalue weighted by molar-refractivity contribution is 0.281. The van der Waals surface area contributed by atoms with Crippen molar-refractivity contribution in [2.45, 2.75) is 44.9 Å². The lowest BCUT2D eigenvalue weighted by Gasteiger charge is -2.36. The molecule has 5 aromatic carbocycles. The summed E-state index contributed by atoms with van der Waals surface area (Å²) in [4.78, 5) is 11.4. The average Bonchev–Trinajstić information content (AvgIpc) is 3.69. The van der Waals surface area contributed by atoms with E-state index in [9.17, 15) is 5.11 Å². The van der Waals surface area contributed by atoms with Crippen LogP contribution in [0.5, 0.6) is 0 Å². The Kier molecular flexibility index (Phi) is 10.0. The molecule has 7 aromatic rings. The molecule has 8 nitrogen and oxygen atoms in total. The maximum absolute atomic E-state index is 10.0. The Morgan fingerprint density at radius 1 is 0.706 bits per heavy atom. The van der Waals surface area contributed by atoms with Crippen LogP contribution in [-0.4, -0.2) is 42.3 Å². The van der Waals surface area contributed by atoms with Gasteiger partial charge in [-0.3, -0.25) is 0 Å². The number of aliphatic hydroxyl groups excluding tert-OH is 1. The minimum absolute atomic E-state index is 0.108. The summed E-state index contributed by atoms with van der Waals surface area (Å²) in [5.74, 6) is 2.23. The molecule has 2 aromatic heterocycles. The third kappa shape index (κ3) is 6.66. The quantitative estimate of drug-likeness (QED) is 0.124. The minimum atomic E-state index is -0.852. The molecule has 1 N–H and O–H groups in total. The van der Waals surface area contributed by atoms with Crippen molar-refractivity contribution in [3.8, 4) is 22.5 Å². The molecule has 0 atom stereocenters. The molecule has 0 amide bonds. The zero-order valence-corrected chi connectivity index (χ0v) is 29.0. The van der Waals surface area contributed by atoms with Crippen LogP contribution < -0.4 is 4.90 Å². The number of aryl methyl sites for hydroxylation is 1. The summed E-state index contributed by atoms with van der Waals surface area (Å²) in [6.07, 6.45) is 4.68. The fourth-order valence-corrected chi connectivity index (χ4v) is 6.88. The van der Waals surface area contributed by atoms with Gasteiger partial charge in [-0.2, -0.15) is 0 Å². The van der Waals surface area contributed by atoms with E-state index in [0.717, 1.165) is 75.4 Å². The van der Waals surface area contributed by atoms with Crippen molar-refractivity contribution in [1.29, 1.82) is 0 Å². The van der Waals surface area contributed by atoms with E-state index in [1.54, 1.807) is 6.20 Å². The first-order chi connectivity index (χ1) is 25.1. The molecular weight excluding hydrogens is 631 g/mol. The lowest BCUT2D eigenvalue weighted by atomic mass is 9.77. The highest BCUT2D eigenvalue weighted by molar-refractivity contribution is 5.81. The first-order valence-electron chi connectivity index (χ1n) is 17.4. The highest BCUT2D eigenvalue weighted by atomic mass is 16.3. The molecule has 0 aliphatic carbocycles. The second kappa shape index (κ2) is 15.3. The summed E-state index contributed by atoms with van der Waals surface area (Å²) in [5.41, 5.74) is 7.14. The largest absolute Gasteiger partial charge is 0.391 e. The van der Waals surface area contributed by atoms with Gasteiger partial charge in [-0.05, 0) is 50.2 Å². The molecule has 0 bridgehead atoms. The standard InChI is InChI=1S/C43H41N7O/c1-3-4-24-40-44-29-34(31-51)41(45-40)49(2)30-32-25-27-33(28-26-32)38-22-14-15-23-39(38)42-46-47-48-50(42)43(35-16-8-5-9-17-35,36-18-10-6-11-19-36)37-20-12-7-13-21-37/h5-23,25-29,51H,3-4,24,30-31H2,1-2H3. The van der Waals surface area contributed by atoms with Crippen molar-refractivity contribution >= 4 is 5.82 Å². The zero-order valence-electron chi connectivity index (χ0n) is 29.0. The molecule has 0 fully saturated rings. The molecule has 0 saturated carbocycles. The highest BCUT2D eigenvalue weighted by Crippen LogP contribution is 2.43. The normalized spacial score (nSPS) is 11.4. The number of hydrogen-bond acceptors (Lipinski definition) is 7. The van der Waals surface area contributed by atoms with Crippen LogP contribution in [0.25, 0.3) is 22.5 Å². The Morgan fingerprint density at radius 3 is 1.84 bits per heavy atom. The van der Waals surface area contributed by atoms with Crippen LogP contribution in [0, 0.1) is 0 Å². The van der Waals surface area contributed by atoms with Crippen LogP contribution in [0.15, 0.2) is 146 Å². The minimum Gasteiger partial charge on any atom is -0.391 e. The van der Waals surface area contributed by atoms with E-state index in [2.05, 4.69) is 137 Å². The predicted octanol–water partition coefficient (Wildman–Crippen LogP) is 8.11. The number of hydrogen-bond donors (Lipinski definition) is 1. The smallest absolute Gasteiger partial charge is 0.184 e. The van der Waals surface area contributed by atoms with Gasteiger partial charge in [0.25, 0.3) is 0 Å². The van der Waals surface area contributed by atoms with Gasteiger partial charge < -0.3 is 10.0 Å². The number of aliphatic hydroxyl groups is 1. The molecule has 0 spiro atoms. The fraction of sp³-hybridized carbons (Fsp3) is 0.186. The number of aromatic nitrogens is 6. The van der Waals surface area contributed by atoms with E-state index in [0.29, 0.717) is 12.4 Å². The number of unbranched alkanes of at least 4 members (excludes halogenated alkanes) is 1. The molecule has 0 aliphatic heterocycles. The van der Waals surface area contributed by atoms with E-state index in [-0.39, 0.29) is 6.61 Å². The van der Waals surface area contributed by atoms with E-state index < -0.39 is 5.54 Å². The summed E-state index contributed by atoms with van der Waals surface area (Å²) >= 11 is 0. The van der Waals surface area contributed by atoms with Crippen molar-refractivity contribution < 1.29 is 5.11 Å². The Hall–Kier alpha value is -5.99. The van der Waals surface area contributed by atoms with E-state index >= 15 is 0 Å². The van der Waals surface area contributed by atoms with Gasteiger partial charge in [0.2, 0.25) is 0 Å². The van der Waals surface area contributed by atoms with Gasteiger partial charge in [0.15, 0.2) is 5.82 Å². The molecule has 0 radical (unpaired) electrons. The first kappa shape index (κ1) is 33.5. The number of anilines is 1.